The summed E-state index contributed by atoms with van der Waals surface area (Å²) in [5.74, 6) is 6.38. The number of hydrogen-bond acceptors (Lipinski definition) is 6. The fourth-order valence-electron chi connectivity index (χ4n) is 1.74. The fourth-order valence-corrected chi connectivity index (χ4v) is 1.74. The number of benzene rings is 1. The number of rotatable bonds is 6. The molecule has 2 atom stereocenters. The van der Waals surface area contributed by atoms with Gasteiger partial charge in [-0.3, -0.25) is 0 Å². The van der Waals surface area contributed by atoms with Crippen LogP contribution in [0.2, 0.25) is 0 Å². The van der Waals surface area contributed by atoms with Gasteiger partial charge in [0.25, 0.3) is 0 Å². The molecule has 2 unspecified atom stereocenters. The highest BCUT2D eigenvalue weighted by molar-refractivity contribution is 5.85. The van der Waals surface area contributed by atoms with Gasteiger partial charge in [0.05, 0.1) is 12.7 Å². The van der Waals surface area contributed by atoms with Crippen molar-refractivity contribution in [3.63, 3.8) is 0 Å². The second kappa shape index (κ2) is 10.0. The maximum absolute atomic E-state index is 9.40. The van der Waals surface area contributed by atoms with E-state index in [-0.39, 0.29) is 37.5 Å². The van der Waals surface area contributed by atoms with Gasteiger partial charge >= 0.3 is 0 Å². The predicted molar refractivity (Wildman–Crippen MR) is 79.9 cm³/mol. The molecule has 0 bridgehead atoms. The van der Waals surface area contributed by atoms with Crippen molar-refractivity contribution in [2.24, 2.45) is 5.90 Å². The molecule has 0 saturated heterocycles. The molecule has 1 aromatic rings. The zero-order chi connectivity index (χ0) is 12.8. The van der Waals surface area contributed by atoms with Gasteiger partial charge in [-0.1, -0.05) is 12.1 Å². The first-order valence-corrected chi connectivity index (χ1v) is 5.88. The molecule has 0 saturated carbocycles. The first kappa shape index (κ1) is 19.2. The topological polar surface area (TPSA) is 86.0 Å². The van der Waals surface area contributed by atoms with E-state index in [0.717, 1.165) is 11.5 Å². The number of aliphatic hydroxyl groups excluding tert-OH is 1. The number of ether oxygens (including phenoxy) is 2. The molecular weight excluding hydrogens is 307 g/mol. The van der Waals surface area contributed by atoms with Crippen LogP contribution in [0.5, 0.6) is 11.5 Å². The maximum Gasteiger partial charge on any atom is 0.161 e. The lowest BCUT2D eigenvalue weighted by Gasteiger charge is -2.26. The van der Waals surface area contributed by atoms with Crippen molar-refractivity contribution < 1.29 is 19.4 Å². The van der Waals surface area contributed by atoms with Crippen LogP contribution < -0.4 is 20.7 Å². The normalized spacial score (nSPS) is 17.6. The second-order valence-electron chi connectivity index (χ2n) is 4.14. The van der Waals surface area contributed by atoms with Crippen LogP contribution in [0.15, 0.2) is 24.3 Å². The molecule has 1 heterocycles. The van der Waals surface area contributed by atoms with E-state index in [9.17, 15) is 5.11 Å². The van der Waals surface area contributed by atoms with E-state index in [1.165, 1.54) is 0 Å². The van der Waals surface area contributed by atoms with E-state index >= 15 is 0 Å². The van der Waals surface area contributed by atoms with Crippen molar-refractivity contribution >= 4 is 24.8 Å². The average Bonchev–Trinajstić information content (AvgIpc) is 2.39. The lowest BCUT2D eigenvalue weighted by molar-refractivity contribution is 0.0332. The largest absolute Gasteiger partial charge is 0.486 e. The summed E-state index contributed by atoms with van der Waals surface area (Å²) in [7, 11) is 0. The molecule has 0 spiro atoms. The minimum Gasteiger partial charge on any atom is -0.486 e. The molecule has 0 radical (unpaired) electrons. The van der Waals surface area contributed by atoms with Gasteiger partial charge in [0.2, 0.25) is 0 Å². The number of fused-ring (bicyclic) bond motifs is 1. The smallest absolute Gasteiger partial charge is 0.161 e. The Kier molecular flexibility index (Phi) is 9.66. The average molecular weight is 327 g/mol. The third kappa shape index (κ3) is 5.70. The van der Waals surface area contributed by atoms with Gasteiger partial charge in [-0.05, 0) is 12.1 Å². The Morgan fingerprint density at radius 3 is 2.75 bits per heavy atom. The van der Waals surface area contributed by atoms with Crippen molar-refractivity contribution in [3.8, 4) is 11.5 Å². The Balaban J connectivity index is 0.00000180. The minimum absolute atomic E-state index is 0. The summed E-state index contributed by atoms with van der Waals surface area (Å²) in [5, 5.41) is 12.5. The highest BCUT2D eigenvalue weighted by Gasteiger charge is 2.20. The Labute approximate surface area is 130 Å². The molecule has 1 aliphatic heterocycles. The SMILES string of the molecule is Cl.Cl.NOCC(O)CNCC1COc2ccccc2O1. The van der Waals surface area contributed by atoms with E-state index in [0.29, 0.717) is 19.7 Å². The molecule has 6 nitrogen and oxygen atoms in total. The number of nitrogens with one attached hydrogen (secondary N) is 1. The van der Waals surface area contributed by atoms with Crippen LogP contribution >= 0.6 is 24.8 Å². The monoisotopic (exact) mass is 326 g/mol. The molecule has 0 aliphatic carbocycles. The molecule has 20 heavy (non-hydrogen) atoms. The third-order valence-corrected chi connectivity index (χ3v) is 2.61. The summed E-state index contributed by atoms with van der Waals surface area (Å²) in [5.41, 5.74) is 0. The van der Waals surface area contributed by atoms with Crippen LogP contribution in [-0.4, -0.2) is 43.6 Å². The van der Waals surface area contributed by atoms with Crippen LogP contribution in [0, 0.1) is 0 Å². The van der Waals surface area contributed by atoms with Crippen molar-refractivity contribution in [2.45, 2.75) is 12.2 Å². The van der Waals surface area contributed by atoms with Crippen LogP contribution in [-0.2, 0) is 4.84 Å². The maximum atomic E-state index is 9.40. The summed E-state index contributed by atoms with van der Waals surface area (Å²) < 4.78 is 11.3. The van der Waals surface area contributed by atoms with Gasteiger partial charge in [0, 0.05) is 13.1 Å². The lowest BCUT2D eigenvalue weighted by Crippen LogP contribution is -2.41. The third-order valence-electron chi connectivity index (χ3n) is 2.61. The fraction of sp³-hybridized carbons (Fsp3) is 0.500. The van der Waals surface area contributed by atoms with Crippen LogP contribution in [0.3, 0.4) is 0 Å². The molecule has 8 heteroatoms. The second-order valence-corrected chi connectivity index (χ2v) is 4.14. The lowest BCUT2D eigenvalue weighted by atomic mass is 10.2. The summed E-state index contributed by atoms with van der Waals surface area (Å²) in [6.07, 6.45) is -0.683. The summed E-state index contributed by atoms with van der Waals surface area (Å²) in [6.45, 7) is 1.60. The van der Waals surface area contributed by atoms with E-state index in [1.54, 1.807) is 0 Å². The predicted octanol–water partition coefficient (Wildman–Crippen LogP) is 0.511. The number of nitrogens with two attached hydrogens (primary N) is 1. The molecule has 116 valence electrons. The first-order valence-electron chi connectivity index (χ1n) is 5.88. The van der Waals surface area contributed by atoms with Gasteiger partial charge in [-0.2, -0.15) is 0 Å². The highest BCUT2D eigenvalue weighted by Crippen LogP contribution is 2.30. The Morgan fingerprint density at radius 1 is 1.35 bits per heavy atom. The number of aliphatic hydroxyl groups is 1. The van der Waals surface area contributed by atoms with E-state index in [1.807, 2.05) is 24.3 Å². The quantitative estimate of drug-likeness (QED) is 0.660. The Bertz CT molecular complexity index is 384. The van der Waals surface area contributed by atoms with Crippen molar-refractivity contribution in [1.29, 1.82) is 0 Å². The summed E-state index contributed by atoms with van der Waals surface area (Å²) in [6, 6.07) is 7.56. The number of halogens is 2. The highest BCUT2D eigenvalue weighted by atomic mass is 35.5. The van der Waals surface area contributed by atoms with Gasteiger partial charge in [0.15, 0.2) is 11.5 Å². The zero-order valence-electron chi connectivity index (χ0n) is 10.9. The van der Waals surface area contributed by atoms with Gasteiger partial charge in [-0.25, -0.2) is 5.90 Å². The standard InChI is InChI=1S/C12H18N2O4.2ClH/c13-17-7-9(15)5-14-6-10-8-16-11-3-1-2-4-12(11)18-10;;/h1-4,9-10,14-15H,5-8,13H2;2*1H. The summed E-state index contributed by atoms with van der Waals surface area (Å²) >= 11 is 0. The van der Waals surface area contributed by atoms with E-state index in [2.05, 4.69) is 10.2 Å². The number of para-hydroxylation sites is 2. The Hall–Kier alpha value is -0.760. The van der Waals surface area contributed by atoms with Crippen LogP contribution in [0.4, 0.5) is 0 Å². The van der Waals surface area contributed by atoms with Gasteiger partial charge < -0.3 is 24.7 Å². The van der Waals surface area contributed by atoms with Gasteiger partial charge in [-0.15, -0.1) is 24.8 Å². The zero-order valence-corrected chi connectivity index (χ0v) is 12.5. The van der Waals surface area contributed by atoms with E-state index in [4.69, 9.17) is 15.4 Å². The summed E-state index contributed by atoms with van der Waals surface area (Å²) in [4.78, 5) is 4.35. The molecule has 0 aromatic heterocycles. The van der Waals surface area contributed by atoms with Crippen molar-refractivity contribution in [2.75, 3.05) is 26.3 Å². The molecule has 1 aromatic carbocycles. The Morgan fingerprint density at radius 2 is 2.05 bits per heavy atom. The molecule has 2 rings (SSSR count). The minimum atomic E-state index is -0.619. The molecular formula is C12H20Cl2N2O4. The van der Waals surface area contributed by atoms with Crippen molar-refractivity contribution in [3.05, 3.63) is 24.3 Å². The van der Waals surface area contributed by atoms with Gasteiger partial charge in [0.1, 0.15) is 12.7 Å². The molecule has 4 N–H and O–H groups in total. The van der Waals surface area contributed by atoms with Crippen molar-refractivity contribution in [1.82, 2.24) is 5.32 Å². The molecule has 0 amide bonds. The van der Waals surface area contributed by atoms with Crippen LogP contribution in [0.1, 0.15) is 0 Å². The first-order chi connectivity index (χ1) is 8.79. The van der Waals surface area contributed by atoms with E-state index < -0.39 is 6.10 Å². The van der Waals surface area contributed by atoms with Crippen LogP contribution in [0.25, 0.3) is 0 Å². The molecule has 1 aliphatic rings. The molecule has 0 fully saturated rings. The number of hydrogen-bond donors (Lipinski definition) is 3.